The lowest BCUT2D eigenvalue weighted by atomic mass is 10.2. The maximum Gasteiger partial charge on any atom is 0.390 e. The van der Waals surface area contributed by atoms with Gasteiger partial charge in [0.25, 0.3) is 0 Å². The van der Waals surface area contributed by atoms with Crippen LogP contribution in [0.15, 0.2) is 33.8 Å². The van der Waals surface area contributed by atoms with Gasteiger partial charge in [-0.3, -0.25) is 4.99 Å². The third kappa shape index (κ3) is 8.78. The first-order valence-electron chi connectivity index (χ1n) is 8.05. The SMILES string of the molecule is CCNC(=NCCC(F)(F)F)NCCc1nc(-c2cccc(Cl)c2)no1.I. The lowest BCUT2D eigenvalue weighted by Gasteiger charge is -2.10. The van der Waals surface area contributed by atoms with Crippen molar-refractivity contribution in [2.75, 3.05) is 19.6 Å². The highest BCUT2D eigenvalue weighted by Gasteiger charge is 2.26. The van der Waals surface area contributed by atoms with Crippen LogP contribution >= 0.6 is 35.6 Å². The Balaban J connectivity index is 0.00000364. The molecule has 0 aliphatic carbocycles. The minimum Gasteiger partial charge on any atom is -0.357 e. The number of rotatable bonds is 7. The summed E-state index contributed by atoms with van der Waals surface area (Å²) < 4.78 is 41.7. The Morgan fingerprint density at radius 1 is 1.30 bits per heavy atom. The molecule has 0 bridgehead atoms. The van der Waals surface area contributed by atoms with Gasteiger partial charge in [0.2, 0.25) is 11.7 Å². The van der Waals surface area contributed by atoms with Crippen LogP contribution in [0.5, 0.6) is 0 Å². The molecule has 0 radical (unpaired) electrons. The summed E-state index contributed by atoms with van der Waals surface area (Å²) in [5, 5.41) is 10.3. The molecule has 0 fully saturated rings. The van der Waals surface area contributed by atoms with Crippen molar-refractivity contribution < 1.29 is 17.7 Å². The highest BCUT2D eigenvalue weighted by molar-refractivity contribution is 14.0. The van der Waals surface area contributed by atoms with Gasteiger partial charge < -0.3 is 15.2 Å². The van der Waals surface area contributed by atoms with E-state index in [-0.39, 0.29) is 30.5 Å². The predicted octanol–water partition coefficient (Wildman–Crippen LogP) is 4.06. The number of alkyl halides is 3. The topological polar surface area (TPSA) is 75.3 Å². The van der Waals surface area contributed by atoms with E-state index in [0.29, 0.717) is 42.2 Å². The first kappa shape index (κ1) is 23.5. The molecule has 2 aromatic rings. The molecule has 0 amide bonds. The third-order valence-electron chi connectivity index (χ3n) is 3.19. The van der Waals surface area contributed by atoms with Crippen LogP contribution < -0.4 is 10.6 Å². The van der Waals surface area contributed by atoms with Crippen LogP contribution in [0.2, 0.25) is 5.02 Å². The fraction of sp³-hybridized carbons (Fsp3) is 0.438. The van der Waals surface area contributed by atoms with Crippen molar-refractivity contribution in [1.29, 1.82) is 0 Å². The molecule has 0 saturated carbocycles. The lowest BCUT2D eigenvalue weighted by molar-refractivity contribution is -0.132. The van der Waals surface area contributed by atoms with Crippen molar-refractivity contribution in [1.82, 2.24) is 20.8 Å². The molecule has 27 heavy (non-hydrogen) atoms. The number of hydrogen-bond acceptors (Lipinski definition) is 4. The zero-order valence-electron chi connectivity index (χ0n) is 14.5. The number of nitrogens with one attached hydrogen (secondary N) is 2. The van der Waals surface area contributed by atoms with Crippen LogP contribution in [0.3, 0.4) is 0 Å². The van der Waals surface area contributed by atoms with E-state index >= 15 is 0 Å². The molecule has 0 unspecified atom stereocenters. The molecular weight excluding hydrogens is 498 g/mol. The Hall–Kier alpha value is -1.56. The number of aliphatic imine (C=N–C) groups is 1. The minimum atomic E-state index is -4.22. The summed E-state index contributed by atoms with van der Waals surface area (Å²) in [7, 11) is 0. The smallest absolute Gasteiger partial charge is 0.357 e. The molecule has 1 aromatic carbocycles. The molecule has 2 rings (SSSR count). The Kier molecular flexibility index (Phi) is 9.84. The van der Waals surface area contributed by atoms with Crippen molar-refractivity contribution in [2.45, 2.75) is 25.9 Å². The van der Waals surface area contributed by atoms with E-state index in [1.165, 1.54) is 0 Å². The maximum atomic E-state index is 12.2. The molecule has 0 spiro atoms. The largest absolute Gasteiger partial charge is 0.390 e. The van der Waals surface area contributed by atoms with Crippen LogP contribution in [-0.2, 0) is 6.42 Å². The standard InChI is InChI=1S/C16H19ClF3N5O.HI/c1-2-21-15(23-9-7-16(18,19)20)22-8-6-13-24-14(25-26-13)11-4-3-5-12(17)10-11;/h3-5,10H,2,6-9H2,1H3,(H2,21,22,23);1H. The van der Waals surface area contributed by atoms with Crippen molar-refractivity contribution in [3.05, 3.63) is 35.2 Å². The summed E-state index contributed by atoms with van der Waals surface area (Å²) in [5.41, 5.74) is 0.738. The van der Waals surface area contributed by atoms with Gasteiger partial charge in [-0.1, -0.05) is 28.9 Å². The average molecular weight is 518 g/mol. The molecule has 2 N–H and O–H groups in total. The van der Waals surface area contributed by atoms with E-state index in [9.17, 15) is 13.2 Å². The normalized spacial score (nSPS) is 11.8. The Labute approximate surface area is 177 Å². The van der Waals surface area contributed by atoms with Crippen LogP contribution in [0.1, 0.15) is 19.2 Å². The molecular formula is C16H20ClF3IN5O. The Morgan fingerprint density at radius 2 is 2.07 bits per heavy atom. The van der Waals surface area contributed by atoms with Crippen LogP contribution in [-0.4, -0.2) is 41.9 Å². The summed E-state index contributed by atoms with van der Waals surface area (Å²) in [6.07, 6.45) is -4.78. The molecule has 150 valence electrons. The molecule has 0 aliphatic rings. The first-order valence-corrected chi connectivity index (χ1v) is 8.42. The van der Waals surface area contributed by atoms with Gasteiger partial charge in [-0.05, 0) is 19.1 Å². The summed E-state index contributed by atoms with van der Waals surface area (Å²) >= 11 is 5.93. The molecule has 0 atom stereocenters. The highest BCUT2D eigenvalue weighted by atomic mass is 127. The number of nitrogens with zero attached hydrogens (tertiary/aromatic N) is 3. The number of guanidine groups is 1. The van der Waals surface area contributed by atoms with Gasteiger partial charge in [0.1, 0.15) is 0 Å². The fourth-order valence-corrected chi connectivity index (χ4v) is 2.22. The quantitative estimate of drug-likeness (QED) is 0.329. The molecule has 1 heterocycles. The monoisotopic (exact) mass is 517 g/mol. The first-order chi connectivity index (χ1) is 12.4. The number of benzene rings is 1. The summed E-state index contributed by atoms with van der Waals surface area (Å²) in [6.45, 7) is 2.42. The van der Waals surface area contributed by atoms with Crippen molar-refractivity contribution >= 4 is 41.5 Å². The zero-order valence-corrected chi connectivity index (χ0v) is 17.6. The van der Waals surface area contributed by atoms with E-state index < -0.39 is 12.6 Å². The van der Waals surface area contributed by atoms with Gasteiger partial charge in [-0.2, -0.15) is 18.2 Å². The second kappa shape index (κ2) is 11.3. The van der Waals surface area contributed by atoms with Gasteiger partial charge >= 0.3 is 6.18 Å². The number of hydrogen-bond donors (Lipinski definition) is 2. The molecule has 1 aromatic heterocycles. The van der Waals surface area contributed by atoms with Crippen molar-refractivity contribution in [2.24, 2.45) is 4.99 Å². The zero-order chi connectivity index (χ0) is 19.0. The van der Waals surface area contributed by atoms with Crippen LogP contribution in [0, 0.1) is 0 Å². The van der Waals surface area contributed by atoms with Gasteiger partial charge in [-0.25, -0.2) is 0 Å². The molecule has 0 aliphatic heterocycles. The number of aromatic nitrogens is 2. The third-order valence-corrected chi connectivity index (χ3v) is 3.43. The molecule has 0 saturated heterocycles. The van der Waals surface area contributed by atoms with Gasteiger partial charge in [-0.15, -0.1) is 24.0 Å². The summed E-state index contributed by atoms with van der Waals surface area (Å²) in [5.74, 6) is 1.14. The number of halogens is 5. The summed E-state index contributed by atoms with van der Waals surface area (Å²) in [4.78, 5) is 8.16. The Bertz CT molecular complexity index is 739. The van der Waals surface area contributed by atoms with Crippen molar-refractivity contribution in [3.8, 4) is 11.4 Å². The highest BCUT2D eigenvalue weighted by Crippen LogP contribution is 2.20. The summed E-state index contributed by atoms with van der Waals surface area (Å²) in [6, 6.07) is 7.08. The van der Waals surface area contributed by atoms with E-state index in [4.69, 9.17) is 16.1 Å². The second-order valence-corrected chi connectivity index (χ2v) is 5.76. The molecule has 6 nitrogen and oxygen atoms in total. The second-order valence-electron chi connectivity index (χ2n) is 5.32. The predicted molar refractivity (Wildman–Crippen MR) is 109 cm³/mol. The van der Waals surface area contributed by atoms with Gasteiger partial charge in [0.05, 0.1) is 13.0 Å². The van der Waals surface area contributed by atoms with E-state index in [1.807, 2.05) is 13.0 Å². The van der Waals surface area contributed by atoms with E-state index in [2.05, 4.69) is 25.8 Å². The van der Waals surface area contributed by atoms with E-state index in [1.54, 1.807) is 18.2 Å². The fourth-order valence-electron chi connectivity index (χ4n) is 2.03. The Morgan fingerprint density at radius 3 is 2.74 bits per heavy atom. The van der Waals surface area contributed by atoms with Crippen molar-refractivity contribution in [3.63, 3.8) is 0 Å². The average Bonchev–Trinajstić information content (AvgIpc) is 3.02. The van der Waals surface area contributed by atoms with Crippen LogP contribution in [0.25, 0.3) is 11.4 Å². The lowest BCUT2D eigenvalue weighted by Crippen LogP contribution is -2.38. The maximum absolute atomic E-state index is 12.2. The minimum absolute atomic E-state index is 0. The van der Waals surface area contributed by atoms with Gasteiger partial charge in [0, 0.05) is 30.1 Å². The van der Waals surface area contributed by atoms with Crippen LogP contribution in [0.4, 0.5) is 13.2 Å². The molecule has 11 heteroatoms. The van der Waals surface area contributed by atoms with E-state index in [0.717, 1.165) is 5.56 Å². The van der Waals surface area contributed by atoms with Gasteiger partial charge in [0.15, 0.2) is 5.96 Å².